The van der Waals surface area contributed by atoms with Crippen LogP contribution >= 0.6 is 0 Å². The van der Waals surface area contributed by atoms with Crippen LogP contribution < -0.4 is 0 Å². The van der Waals surface area contributed by atoms with Gasteiger partial charge in [0, 0.05) is 44.7 Å². The van der Waals surface area contributed by atoms with E-state index in [1.807, 2.05) is 0 Å². The number of para-hydroxylation sites is 2. The largest absolute Gasteiger partial charge is 0.392 e. The molecular formula is C31H26N2O. The van der Waals surface area contributed by atoms with Gasteiger partial charge >= 0.3 is 0 Å². The molecule has 0 saturated heterocycles. The quantitative estimate of drug-likeness (QED) is 0.321. The molecule has 2 aliphatic carbocycles. The lowest BCUT2D eigenvalue weighted by atomic mass is 10.0. The van der Waals surface area contributed by atoms with Crippen LogP contribution in [0.2, 0.25) is 0 Å². The van der Waals surface area contributed by atoms with Crippen LogP contribution in [0.3, 0.4) is 0 Å². The number of hydrogen-bond donors (Lipinski definition) is 1. The molecule has 0 aliphatic heterocycles. The maximum absolute atomic E-state index is 10.2. The fraction of sp³-hybridized carbons (Fsp3) is 0.161. The first-order chi connectivity index (χ1) is 16.8. The molecule has 0 spiro atoms. The van der Waals surface area contributed by atoms with Crippen molar-refractivity contribution < 1.29 is 5.11 Å². The summed E-state index contributed by atoms with van der Waals surface area (Å²) in [5.41, 5.74) is 11.0. The second-order valence-corrected chi connectivity index (χ2v) is 9.32. The SMILES string of the molecule is OCc1cc(-n2c3c(c4ccccc42)C=CCC3)cc(-n2c3c(c4ccccc42)C=CCC3)c1. The average molecular weight is 443 g/mol. The van der Waals surface area contributed by atoms with Gasteiger partial charge in [0.1, 0.15) is 0 Å². The summed E-state index contributed by atoms with van der Waals surface area (Å²) in [6.07, 6.45) is 13.3. The van der Waals surface area contributed by atoms with Gasteiger partial charge in [0.2, 0.25) is 0 Å². The Labute approximate surface area is 198 Å². The zero-order valence-corrected chi connectivity index (χ0v) is 19.0. The molecule has 0 amide bonds. The number of allylic oxidation sites excluding steroid dienone is 2. The van der Waals surface area contributed by atoms with E-state index in [9.17, 15) is 5.11 Å². The minimum atomic E-state index is 0.0173. The predicted octanol–water partition coefficient (Wildman–Crippen LogP) is 6.99. The van der Waals surface area contributed by atoms with E-state index in [-0.39, 0.29) is 6.61 Å². The molecule has 0 unspecified atom stereocenters. The first kappa shape index (κ1) is 19.6. The Bertz CT molecular complexity index is 1530. The summed E-state index contributed by atoms with van der Waals surface area (Å²) in [7, 11) is 0. The molecule has 0 fully saturated rings. The third-order valence-corrected chi connectivity index (χ3v) is 7.36. The first-order valence-corrected chi connectivity index (χ1v) is 12.2. The van der Waals surface area contributed by atoms with E-state index >= 15 is 0 Å². The molecule has 2 aromatic heterocycles. The summed E-state index contributed by atoms with van der Waals surface area (Å²) in [6.45, 7) is 0.0173. The van der Waals surface area contributed by atoms with Crippen molar-refractivity contribution in [1.82, 2.24) is 9.13 Å². The summed E-state index contributed by atoms with van der Waals surface area (Å²) < 4.78 is 4.82. The lowest BCUT2D eigenvalue weighted by Crippen LogP contribution is -2.07. The number of fused-ring (bicyclic) bond motifs is 6. The highest BCUT2D eigenvalue weighted by molar-refractivity contribution is 5.94. The molecule has 3 nitrogen and oxygen atoms in total. The average Bonchev–Trinajstić information content (AvgIpc) is 3.42. The van der Waals surface area contributed by atoms with Gasteiger partial charge in [-0.05, 0) is 61.6 Å². The van der Waals surface area contributed by atoms with Crippen molar-refractivity contribution in [2.75, 3.05) is 0 Å². The zero-order valence-electron chi connectivity index (χ0n) is 19.0. The maximum atomic E-state index is 10.2. The van der Waals surface area contributed by atoms with Crippen molar-refractivity contribution in [3.63, 3.8) is 0 Å². The Kier molecular flexibility index (Phi) is 4.39. The summed E-state index contributed by atoms with van der Waals surface area (Å²) in [4.78, 5) is 0. The topological polar surface area (TPSA) is 30.1 Å². The molecule has 3 heteroatoms. The van der Waals surface area contributed by atoms with Crippen LogP contribution in [0.15, 0.2) is 78.9 Å². The van der Waals surface area contributed by atoms with Crippen LogP contribution in [0.4, 0.5) is 0 Å². The molecule has 0 bridgehead atoms. The number of nitrogens with zero attached hydrogens (tertiary/aromatic N) is 2. The van der Waals surface area contributed by atoms with Crippen molar-refractivity contribution in [3.8, 4) is 11.4 Å². The second-order valence-electron chi connectivity index (χ2n) is 9.32. The van der Waals surface area contributed by atoms with Crippen LogP contribution in [-0.4, -0.2) is 14.2 Å². The number of rotatable bonds is 3. The highest BCUT2D eigenvalue weighted by Crippen LogP contribution is 2.37. The minimum Gasteiger partial charge on any atom is -0.392 e. The van der Waals surface area contributed by atoms with Gasteiger partial charge < -0.3 is 14.2 Å². The van der Waals surface area contributed by atoms with Crippen molar-refractivity contribution in [2.45, 2.75) is 32.3 Å². The molecule has 7 rings (SSSR count). The van der Waals surface area contributed by atoms with Gasteiger partial charge in [0.25, 0.3) is 0 Å². The van der Waals surface area contributed by atoms with Crippen molar-refractivity contribution >= 4 is 34.0 Å². The van der Waals surface area contributed by atoms with E-state index < -0.39 is 0 Å². The number of aromatic nitrogens is 2. The van der Waals surface area contributed by atoms with Crippen LogP contribution in [0.5, 0.6) is 0 Å². The Morgan fingerprint density at radius 3 is 1.65 bits per heavy atom. The van der Waals surface area contributed by atoms with Gasteiger partial charge in [-0.1, -0.05) is 60.7 Å². The van der Waals surface area contributed by atoms with Crippen molar-refractivity contribution in [3.05, 3.63) is 107 Å². The summed E-state index contributed by atoms with van der Waals surface area (Å²) >= 11 is 0. The predicted molar refractivity (Wildman–Crippen MR) is 141 cm³/mol. The summed E-state index contributed by atoms with van der Waals surface area (Å²) in [5.74, 6) is 0. The first-order valence-electron chi connectivity index (χ1n) is 12.2. The van der Waals surface area contributed by atoms with Gasteiger partial charge in [-0.15, -0.1) is 0 Å². The highest BCUT2D eigenvalue weighted by Gasteiger charge is 2.21. The van der Waals surface area contributed by atoms with Gasteiger partial charge in [-0.2, -0.15) is 0 Å². The van der Waals surface area contributed by atoms with Crippen molar-refractivity contribution in [2.24, 2.45) is 0 Å². The smallest absolute Gasteiger partial charge is 0.0683 e. The third kappa shape index (κ3) is 2.80. The molecule has 0 saturated carbocycles. The molecule has 0 radical (unpaired) electrons. The Morgan fingerprint density at radius 2 is 1.15 bits per heavy atom. The molecule has 2 aliphatic rings. The summed E-state index contributed by atoms with van der Waals surface area (Å²) in [6, 6.07) is 23.9. The Hall–Kier alpha value is -3.82. The van der Waals surface area contributed by atoms with Crippen LogP contribution in [0.1, 0.15) is 40.9 Å². The maximum Gasteiger partial charge on any atom is 0.0683 e. The van der Waals surface area contributed by atoms with E-state index in [1.54, 1.807) is 0 Å². The molecule has 1 N–H and O–H groups in total. The molecule has 3 aromatic carbocycles. The van der Waals surface area contributed by atoms with Crippen LogP contribution in [0.25, 0.3) is 45.3 Å². The number of hydrogen-bond acceptors (Lipinski definition) is 1. The normalized spacial score (nSPS) is 14.6. The number of benzene rings is 3. The van der Waals surface area contributed by atoms with Crippen molar-refractivity contribution in [1.29, 1.82) is 0 Å². The molecule has 5 aromatic rings. The summed E-state index contributed by atoms with van der Waals surface area (Å²) in [5, 5.41) is 12.8. The van der Waals surface area contributed by atoms with Gasteiger partial charge in [-0.3, -0.25) is 0 Å². The second kappa shape index (κ2) is 7.61. The lowest BCUT2D eigenvalue weighted by Gasteiger charge is -2.18. The van der Waals surface area contributed by atoms with E-state index in [2.05, 4.69) is 100 Å². The molecular weight excluding hydrogens is 416 g/mol. The molecule has 2 heterocycles. The molecule has 34 heavy (non-hydrogen) atoms. The highest BCUT2D eigenvalue weighted by atomic mass is 16.3. The lowest BCUT2D eigenvalue weighted by molar-refractivity contribution is 0.282. The monoisotopic (exact) mass is 442 g/mol. The van der Waals surface area contributed by atoms with Crippen LogP contribution in [0, 0.1) is 0 Å². The van der Waals surface area contributed by atoms with E-state index in [4.69, 9.17) is 0 Å². The van der Waals surface area contributed by atoms with E-state index in [0.29, 0.717) is 0 Å². The molecule has 166 valence electrons. The third-order valence-electron chi connectivity index (χ3n) is 7.36. The minimum absolute atomic E-state index is 0.0173. The van der Waals surface area contributed by atoms with Gasteiger partial charge in [0.05, 0.1) is 17.6 Å². The number of aliphatic hydroxyl groups excluding tert-OH is 1. The number of aliphatic hydroxyl groups is 1. The van der Waals surface area contributed by atoms with E-state index in [0.717, 1.165) is 42.6 Å². The van der Waals surface area contributed by atoms with Crippen LogP contribution in [-0.2, 0) is 19.4 Å². The standard InChI is InChI=1S/C31H26N2O/c34-20-21-17-22(32-28-13-5-1-9-24(28)25-10-2-6-14-29(25)32)19-23(18-21)33-30-15-7-3-11-26(30)27-12-4-8-16-31(27)33/h1-5,7,9-13,15,17-19,34H,6,8,14,16,20H2. The van der Waals surface area contributed by atoms with E-state index in [1.165, 1.54) is 44.3 Å². The fourth-order valence-corrected chi connectivity index (χ4v) is 5.94. The van der Waals surface area contributed by atoms with Gasteiger partial charge in [-0.25, -0.2) is 0 Å². The Balaban J connectivity index is 1.54. The zero-order chi connectivity index (χ0) is 22.6. The molecule has 0 atom stereocenters. The Morgan fingerprint density at radius 1 is 0.647 bits per heavy atom. The fourth-order valence-electron chi connectivity index (χ4n) is 5.94. The van der Waals surface area contributed by atoms with Gasteiger partial charge in [0.15, 0.2) is 0 Å².